The topological polar surface area (TPSA) is 77.9 Å². The molecule has 0 aliphatic rings. The molecule has 0 atom stereocenters. The van der Waals surface area contributed by atoms with E-state index in [1.54, 1.807) is 7.11 Å². The van der Waals surface area contributed by atoms with E-state index in [2.05, 4.69) is 4.98 Å². The van der Waals surface area contributed by atoms with E-state index in [9.17, 15) is 9.90 Å². The zero-order chi connectivity index (χ0) is 19.9. The van der Waals surface area contributed by atoms with Crippen LogP contribution in [-0.4, -0.2) is 36.4 Å². The van der Waals surface area contributed by atoms with Gasteiger partial charge in [-0.1, -0.05) is 25.1 Å². The Balaban J connectivity index is 1.68. The molecular weight excluding hydrogens is 378 g/mol. The maximum atomic E-state index is 11.4. The molecule has 0 bridgehead atoms. The number of carboxylic acid groups (broad SMARTS) is 1. The number of hydrogen-bond donors (Lipinski definition) is 1. The summed E-state index contributed by atoms with van der Waals surface area (Å²) in [5, 5.41) is 10.00. The highest BCUT2D eigenvalue weighted by atomic mass is 32.1. The smallest absolute Gasteiger partial charge is 0.347 e. The largest absolute Gasteiger partial charge is 0.497 e. The molecule has 1 aromatic heterocycles. The summed E-state index contributed by atoms with van der Waals surface area (Å²) in [6.07, 6.45) is 0.565. The van der Waals surface area contributed by atoms with Gasteiger partial charge in [-0.3, -0.25) is 0 Å². The van der Waals surface area contributed by atoms with Gasteiger partial charge in [0.25, 0.3) is 0 Å². The third-order valence-electron chi connectivity index (χ3n) is 3.99. The molecule has 1 heterocycles. The van der Waals surface area contributed by atoms with Crippen molar-refractivity contribution in [2.45, 2.75) is 13.3 Å². The van der Waals surface area contributed by atoms with E-state index in [4.69, 9.17) is 14.2 Å². The van der Waals surface area contributed by atoms with Crippen molar-refractivity contribution in [3.05, 3.63) is 59.1 Å². The maximum Gasteiger partial charge on any atom is 0.347 e. The Morgan fingerprint density at radius 3 is 2.54 bits per heavy atom. The number of hydrogen-bond acceptors (Lipinski definition) is 6. The minimum atomic E-state index is -0.953. The number of carboxylic acids is 1. The predicted molar refractivity (Wildman–Crippen MR) is 108 cm³/mol. The summed E-state index contributed by atoms with van der Waals surface area (Å²) in [6, 6.07) is 14.8. The minimum absolute atomic E-state index is 0.272. The molecule has 28 heavy (non-hydrogen) atoms. The summed E-state index contributed by atoms with van der Waals surface area (Å²) in [5.41, 5.74) is 1.36. The Labute approximate surface area is 167 Å². The second-order valence-electron chi connectivity index (χ2n) is 5.83. The highest BCUT2D eigenvalue weighted by Gasteiger charge is 2.18. The number of nitrogens with zero attached hydrogens (tertiary/aromatic N) is 1. The molecule has 1 N–H and O–H groups in total. The van der Waals surface area contributed by atoms with Crippen LogP contribution in [0.3, 0.4) is 0 Å². The Bertz CT molecular complexity index is 953. The van der Waals surface area contributed by atoms with E-state index in [-0.39, 0.29) is 4.88 Å². The number of aryl methyl sites for hydroxylation is 1. The van der Waals surface area contributed by atoms with Gasteiger partial charge in [-0.2, -0.15) is 0 Å². The number of ether oxygens (including phenoxy) is 3. The van der Waals surface area contributed by atoms with Gasteiger partial charge in [-0.15, -0.1) is 11.3 Å². The number of methoxy groups -OCH3 is 1. The van der Waals surface area contributed by atoms with Crippen LogP contribution in [0.1, 0.15) is 22.3 Å². The van der Waals surface area contributed by atoms with Crippen LogP contribution in [0.15, 0.2) is 48.5 Å². The third kappa shape index (κ3) is 4.61. The van der Waals surface area contributed by atoms with Crippen molar-refractivity contribution in [2.75, 3.05) is 20.3 Å². The highest BCUT2D eigenvalue weighted by Crippen LogP contribution is 2.34. The molecule has 0 aliphatic heterocycles. The van der Waals surface area contributed by atoms with Crippen molar-refractivity contribution in [2.24, 2.45) is 0 Å². The third-order valence-corrected chi connectivity index (χ3v) is 5.11. The Morgan fingerprint density at radius 1 is 1.07 bits per heavy atom. The van der Waals surface area contributed by atoms with Crippen LogP contribution < -0.4 is 14.2 Å². The molecule has 0 spiro atoms. The Morgan fingerprint density at radius 2 is 1.82 bits per heavy atom. The van der Waals surface area contributed by atoms with Crippen LogP contribution in [-0.2, 0) is 6.42 Å². The fraction of sp³-hybridized carbons (Fsp3) is 0.238. The van der Waals surface area contributed by atoms with Gasteiger partial charge in [0, 0.05) is 6.07 Å². The zero-order valence-corrected chi connectivity index (χ0v) is 16.5. The number of thiazole rings is 1. The summed E-state index contributed by atoms with van der Waals surface area (Å²) in [7, 11) is 1.61. The molecule has 2 aromatic carbocycles. The van der Waals surface area contributed by atoms with Gasteiger partial charge >= 0.3 is 5.97 Å². The quantitative estimate of drug-likeness (QED) is 0.533. The summed E-state index contributed by atoms with van der Waals surface area (Å²) in [6.45, 7) is 2.59. The number of carbonyl (C=O) groups is 1. The number of para-hydroxylation sites is 1. The van der Waals surface area contributed by atoms with E-state index in [1.807, 2.05) is 55.5 Å². The molecule has 0 fully saturated rings. The second-order valence-corrected chi connectivity index (χ2v) is 6.82. The van der Waals surface area contributed by atoms with Crippen LogP contribution >= 0.6 is 11.3 Å². The fourth-order valence-corrected chi connectivity index (χ4v) is 3.67. The average Bonchev–Trinajstić information content (AvgIpc) is 3.16. The van der Waals surface area contributed by atoms with Crippen LogP contribution in [0.25, 0.3) is 10.6 Å². The molecule has 0 unspecified atom stereocenters. The van der Waals surface area contributed by atoms with Crippen molar-refractivity contribution in [1.29, 1.82) is 0 Å². The molecule has 146 valence electrons. The van der Waals surface area contributed by atoms with Crippen molar-refractivity contribution in [1.82, 2.24) is 4.98 Å². The molecule has 0 saturated heterocycles. The molecule has 3 rings (SSSR count). The Hall–Kier alpha value is -3.06. The van der Waals surface area contributed by atoms with E-state index >= 15 is 0 Å². The van der Waals surface area contributed by atoms with E-state index in [0.717, 1.165) is 22.6 Å². The van der Waals surface area contributed by atoms with E-state index < -0.39 is 5.97 Å². The molecule has 0 radical (unpaired) electrons. The van der Waals surface area contributed by atoms with Crippen LogP contribution in [0, 0.1) is 0 Å². The lowest BCUT2D eigenvalue weighted by Crippen LogP contribution is -2.09. The van der Waals surface area contributed by atoms with Gasteiger partial charge in [-0.05, 0) is 30.7 Å². The van der Waals surface area contributed by atoms with Crippen LogP contribution in [0.2, 0.25) is 0 Å². The van der Waals surface area contributed by atoms with Gasteiger partial charge in [0.15, 0.2) is 0 Å². The number of aromatic carboxylic acids is 1. The SMILES string of the molecule is CCc1nc(-c2ccccc2OCCOc2cccc(OC)c2)sc1C(=O)O. The summed E-state index contributed by atoms with van der Waals surface area (Å²) < 4.78 is 16.7. The van der Waals surface area contributed by atoms with Crippen LogP contribution in [0.4, 0.5) is 0 Å². The van der Waals surface area contributed by atoms with Gasteiger partial charge < -0.3 is 19.3 Å². The van der Waals surface area contributed by atoms with Crippen molar-refractivity contribution in [3.63, 3.8) is 0 Å². The van der Waals surface area contributed by atoms with Crippen molar-refractivity contribution in [3.8, 4) is 27.8 Å². The number of aromatic nitrogens is 1. The van der Waals surface area contributed by atoms with Gasteiger partial charge in [0.05, 0.1) is 18.4 Å². The molecule has 7 heteroatoms. The highest BCUT2D eigenvalue weighted by molar-refractivity contribution is 7.17. The minimum Gasteiger partial charge on any atom is -0.497 e. The molecular formula is C21H21NO5S. The number of rotatable bonds is 9. The molecule has 0 aliphatic carbocycles. The number of benzene rings is 2. The predicted octanol–water partition coefficient (Wildman–Crippen LogP) is 4.54. The standard InChI is InChI=1S/C21H21NO5S/c1-3-17-19(21(23)24)28-20(22-17)16-9-4-5-10-18(16)27-12-11-26-15-8-6-7-14(13-15)25-2/h4-10,13H,3,11-12H2,1-2H3,(H,23,24). The summed E-state index contributed by atoms with van der Waals surface area (Å²) in [5.74, 6) is 1.12. The first-order valence-electron chi connectivity index (χ1n) is 8.84. The van der Waals surface area contributed by atoms with Crippen LogP contribution in [0.5, 0.6) is 17.2 Å². The monoisotopic (exact) mass is 399 g/mol. The summed E-state index contributed by atoms with van der Waals surface area (Å²) >= 11 is 1.16. The lowest BCUT2D eigenvalue weighted by molar-refractivity contribution is 0.0701. The fourth-order valence-electron chi connectivity index (χ4n) is 2.64. The van der Waals surface area contributed by atoms with Crippen molar-refractivity contribution >= 4 is 17.3 Å². The second kappa shape index (κ2) is 9.23. The molecule has 0 amide bonds. The summed E-state index contributed by atoms with van der Waals surface area (Å²) in [4.78, 5) is 16.2. The first-order valence-corrected chi connectivity index (χ1v) is 9.66. The van der Waals surface area contributed by atoms with Crippen molar-refractivity contribution < 1.29 is 24.1 Å². The van der Waals surface area contributed by atoms with Gasteiger partial charge in [0.1, 0.15) is 40.3 Å². The van der Waals surface area contributed by atoms with Gasteiger partial charge in [0.2, 0.25) is 0 Å². The molecule has 0 saturated carbocycles. The first kappa shape index (κ1) is 19.7. The lowest BCUT2D eigenvalue weighted by atomic mass is 10.2. The normalized spacial score (nSPS) is 10.5. The van der Waals surface area contributed by atoms with E-state index in [0.29, 0.717) is 41.8 Å². The molecule has 3 aromatic rings. The van der Waals surface area contributed by atoms with E-state index in [1.165, 1.54) is 0 Å². The lowest BCUT2D eigenvalue weighted by Gasteiger charge is -2.11. The Kier molecular flexibility index (Phi) is 6.49. The molecule has 6 nitrogen and oxygen atoms in total. The first-order chi connectivity index (χ1) is 13.6. The maximum absolute atomic E-state index is 11.4. The van der Waals surface area contributed by atoms with Gasteiger partial charge in [-0.25, -0.2) is 9.78 Å². The average molecular weight is 399 g/mol. The zero-order valence-electron chi connectivity index (χ0n) is 15.7.